The molecule has 1 aromatic carbocycles. The number of hydrogen-bond acceptors (Lipinski definition) is 5. The fraction of sp³-hybridized carbons (Fsp3) is 0.619. The Hall–Kier alpha value is -1.97. The minimum atomic E-state index is -3.68. The smallest absolute Gasteiger partial charge is 0.249 e. The van der Waals surface area contributed by atoms with Gasteiger partial charge in [-0.25, -0.2) is 13.1 Å². The van der Waals surface area contributed by atoms with Crippen molar-refractivity contribution in [2.24, 2.45) is 5.92 Å². The van der Waals surface area contributed by atoms with Gasteiger partial charge in [0.25, 0.3) is 0 Å². The normalized spacial score (nSPS) is 17.8. The summed E-state index contributed by atoms with van der Waals surface area (Å²) in [5, 5.41) is 15.3. The quantitative estimate of drug-likeness (QED) is 0.518. The van der Waals surface area contributed by atoms with Crippen LogP contribution in [0.25, 0.3) is 0 Å². The van der Waals surface area contributed by atoms with Crippen LogP contribution in [0.2, 0.25) is 0 Å². The van der Waals surface area contributed by atoms with Crippen molar-refractivity contribution >= 4 is 27.5 Å². The van der Waals surface area contributed by atoms with E-state index in [1.165, 1.54) is 31.2 Å². The number of aliphatic hydroxyl groups is 1. The lowest BCUT2D eigenvalue weighted by atomic mass is 9.88. The van der Waals surface area contributed by atoms with Crippen LogP contribution in [0.4, 0.5) is 5.69 Å². The molecule has 1 saturated carbocycles. The number of carbonyl (C=O) groups is 2. The fourth-order valence-corrected chi connectivity index (χ4v) is 4.86. The Morgan fingerprint density at radius 3 is 2.13 bits per heavy atom. The minimum Gasteiger partial charge on any atom is -0.391 e. The molecule has 1 aliphatic carbocycles. The molecule has 0 aromatic heterocycles. The Labute approximate surface area is 178 Å². The summed E-state index contributed by atoms with van der Waals surface area (Å²) in [4.78, 5) is 25.2. The molecule has 0 aliphatic heterocycles. The van der Waals surface area contributed by atoms with E-state index in [4.69, 9.17) is 0 Å². The van der Waals surface area contributed by atoms with E-state index in [9.17, 15) is 23.1 Å². The lowest BCUT2D eigenvalue weighted by Crippen LogP contribution is -2.51. The van der Waals surface area contributed by atoms with Crippen LogP contribution in [-0.2, 0) is 19.6 Å². The number of benzene rings is 1. The molecule has 0 spiro atoms. The van der Waals surface area contributed by atoms with Gasteiger partial charge in [-0.1, -0.05) is 19.3 Å². The average molecular weight is 440 g/mol. The van der Waals surface area contributed by atoms with Crippen LogP contribution in [0, 0.1) is 5.92 Å². The van der Waals surface area contributed by atoms with Crippen molar-refractivity contribution < 1.29 is 23.1 Å². The molecular formula is C21H33N3O5S. The Morgan fingerprint density at radius 1 is 1.07 bits per heavy atom. The molecule has 9 heteroatoms. The number of nitrogens with one attached hydrogen (secondary N) is 3. The Bertz CT molecular complexity index is 838. The predicted octanol–water partition coefficient (Wildman–Crippen LogP) is 2.15. The van der Waals surface area contributed by atoms with Gasteiger partial charge in [0.2, 0.25) is 21.8 Å². The summed E-state index contributed by atoms with van der Waals surface area (Å²) in [5.74, 6) is -0.907. The van der Waals surface area contributed by atoms with E-state index in [0.717, 1.165) is 32.1 Å². The van der Waals surface area contributed by atoms with Gasteiger partial charge in [0.05, 0.1) is 11.0 Å². The second-order valence-corrected chi connectivity index (χ2v) is 10.6. The van der Waals surface area contributed by atoms with Crippen molar-refractivity contribution in [1.29, 1.82) is 0 Å². The summed E-state index contributed by atoms with van der Waals surface area (Å²) in [6.07, 6.45) is 3.59. The predicted molar refractivity (Wildman–Crippen MR) is 115 cm³/mol. The highest BCUT2D eigenvalue weighted by Gasteiger charge is 2.30. The molecule has 2 atom stereocenters. The molecule has 0 saturated heterocycles. The van der Waals surface area contributed by atoms with Crippen LogP contribution in [0.3, 0.4) is 0 Å². The first-order chi connectivity index (χ1) is 13.9. The molecule has 168 valence electrons. The Morgan fingerprint density at radius 2 is 1.63 bits per heavy atom. The van der Waals surface area contributed by atoms with Crippen LogP contribution in [-0.4, -0.2) is 43.0 Å². The number of carbonyl (C=O) groups excluding carboxylic acids is 2. The van der Waals surface area contributed by atoms with E-state index >= 15 is 0 Å². The Kier molecular flexibility index (Phi) is 8.01. The molecule has 2 rings (SSSR count). The monoisotopic (exact) mass is 439 g/mol. The topological polar surface area (TPSA) is 125 Å². The third-order valence-corrected chi connectivity index (χ3v) is 6.69. The van der Waals surface area contributed by atoms with Gasteiger partial charge in [0, 0.05) is 17.1 Å². The number of rotatable bonds is 7. The van der Waals surface area contributed by atoms with E-state index in [-0.39, 0.29) is 16.7 Å². The number of amides is 2. The summed E-state index contributed by atoms with van der Waals surface area (Å²) < 4.78 is 27.3. The van der Waals surface area contributed by atoms with Gasteiger partial charge in [-0.3, -0.25) is 9.59 Å². The lowest BCUT2D eigenvalue weighted by molar-refractivity contribution is -0.131. The van der Waals surface area contributed by atoms with Crippen LogP contribution in [0.15, 0.2) is 29.2 Å². The first-order valence-electron chi connectivity index (χ1n) is 10.3. The van der Waals surface area contributed by atoms with Crippen molar-refractivity contribution in [3.8, 4) is 0 Å². The first kappa shape index (κ1) is 24.3. The van der Waals surface area contributed by atoms with Crippen LogP contribution in [0.1, 0.15) is 59.8 Å². The summed E-state index contributed by atoms with van der Waals surface area (Å²) in [6, 6.07) is 4.63. The summed E-state index contributed by atoms with van der Waals surface area (Å²) in [6.45, 7) is 6.68. The van der Waals surface area contributed by atoms with Crippen molar-refractivity contribution in [3.05, 3.63) is 24.3 Å². The van der Waals surface area contributed by atoms with E-state index in [2.05, 4.69) is 15.4 Å². The van der Waals surface area contributed by atoms with Crippen LogP contribution in [0.5, 0.6) is 0 Å². The zero-order valence-corrected chi connectivity index (χ0v) is 18.9. The average Bonchev–Trinajstić information content (AvgIpc) is 2.64. The standard InChI is InChI=1S/C21H33N3O5S/c1-14(25)18(23-19(26)15-8-6-5-7-9-15)20(27)22-16-10-12-17(13-11-16)30(28,29)24-21(2,3)4/h10-15,18,24-25H,5-9H2,1-4H3,(H,22,27)(H,23,26)/t14-,18+/m1/s1. The van der Waals surface area contributed by atoms with Gasteiger partial charge in [0.15, 0.2) is 0 Å². The Balaban J connectivity index is 2.04. The molecule has 0 radical (unpaired) electrons. The molecule has 1 fully saturated rings. The van der Waals surface area contributed by atoms with Crippen molar-refractivity contribution in [1.82, 2.24) is 10.0 Å². The molecule has 1 aliphatic rings. The van der Waals surface area contributed by atoms with Crippen molar-refractivity contribution in [2.75, 3.05) is 5.32 Å². The maximum absolute atomic E-state index is 12.6. The van der Waals surface area contributed by atoms with E-state index in [1.54, 1.807) is 20.8 Å². The molecule has 0 unspecified atom stereocenters. The number of anilines is 1. The minimum absolute atomic E-state index is 0.0769. The van der Waals surface area contributed by atoms with Crippen molar-refractivity contribution in [3.63, 3.8) is 0 Å². The molecule has 0 bridgehead atoms. The number of aliphatic hydroxyl groups excluding tert-OH is 1. The molecule has 4 N–H and O–H groups in total. The van der Waals surface area contributed by atoms with Gasteiger partial charge < -0.3 is 15.7 Å². The highest BCUT2D eigenvalue weighted by atomic mass is 32.2. The SMILES string of the molecule is C[C@@H](O)[C@H](NC(=O)C1CCCCC1)C(=O)Nc1ccc(S(=O)(=O)NC(C)(C)C)cc1. The molecule has 2 amide bonds. The van der Waals surface area contributed by atoms with Crippen molar-refractivity contribution in [2.45, 2.75) is 82.4 Å². The molecule has 30 heavy (non-hydrogen) atoms. The van der Waals surface area contributed by atoms with Crippen LogP contribution < -0.4 is 15.4 Å². The van der Waals surface area contributed by atoms with E-state index < -0.39 is 33.6 Å². The largest absolute Gasteiger partial charge is 0.391 e. The van der Waals surface area contributed by atoms with E-state index in [1.807, 2.05) is 0 Å². The number of sulfonamides is 1. The van der Waals surface area contributed by atoms with Gasteiger partial charge in [-0.05, 0) is 64.8 Å². The maximum Gasteiger partial charge on any atom is 0.249 e. The third kappa shape index (κ3) is 7.07. The maximum atomic E-state index is 12.6. The fourth-order valence-electron chi connectivity index (χ4n) is 3.44. The summed E-state index contributed by atoms with van der Waals surface area (Å²) in [5.41, 5.74) is -0.250. The third-order valence-electron chi connectivity index (χ3n) is 4.91. The van der Waals surface area contributed by atoms with Crippen LogP contribution >= 0.6 is 0 Å². The molecule has 1 aromatic rings. The van der Waals surface area contributed by atoms with E-state index in [0.29, 0.717) is 5.69 Å². The highest BCUT2D eigenvalue weighted by Crippen LogP contribution is 2.24. The van der Waals surface area contributed by atoms with Gasteiger partial charge >= 0.3 is 0 Å². The zero-order valence-electron chi connectivity index (χ0n) is 18.1. The summed E-state index contributed by atoms with van der Waals surface area (Å²) in [7, 11) is -3.68. The highest BCUT2D eigenvalue weighted by molar-refractivity contribution is 7.89. The molecule has 8 nitrogen and oxygen atoms in total. The summed E-state index contributed by atoms with van der Waals surface area (Å²) >= 11 is 0. The number of hydrogen-bond donors (Lipinski definition) is 4. The second-order valence-electron chi connectivity index (χ2n) is 8.93. The zero-order chi connectivity index (χ0) is 22.5. The van der Waals surface area contributed by atoms with Gasteiger partial charge in [0.1, 0.15) is 6.04 Å². The molecule has 0 heterocycles. The second kappa shape index (κ2) is 9.89. The molecular weight excluding hydrogens is 406 g/mol. The lowest BCUT2D eigenvalue weighted by Gasteiger charge is -2.26. The van der Waals surface area contributed by atoms with Gasteiger partial charge in [-0.15, -0.1) is 0 Å². The van der Waals surface area contributed by atoms with Gasteiger partial charge in [-0.2, -0.15) is 0 Å². The first-order valence-corrected chi connectivity index (χ1v) is 11.8.